The van der Waals surface area contributed by atoms with Crippen LogP contribution in [-0.2, 0) is 14.8 Å². The number of amides is 1. The van der Waals surface area contributed by atoms with Crippen molar-refractivity contribution in [3.8, 4) is 0 Å². The Bertz CT molecular complexity index is 672. The predicted molar refractivity (Wildman–Crippen MR) is 84.8 cm³/mol. The van der Waals surface area contributed by atoms with Crippen LogP contribution in [0.4, 0.5) is 4.39 Å². The predicted octanol–water partition coefficient (Wildman–Crippen LogP) is 0.530. The quantitative estimate of drug-likeness (QED) is 0.632. The molecule has 126 valence electrons. The van der Waals surface area contributed by atoms with E-state index in [-0.39, 0.29) is 23.8 Å². The molecule has 0 saturated carbocycles. The number of benzene rings is 1. The Labute approximate surface area is 135 Å². The molecule has 0 saturated heterocycles. The standard InChI is InChI=1S/C15H20FN3O3S/c16-13-1-3-14(4-2-13)23(21,22)19-10-7-15(20)18-11-12-5-8-17-9-6-12/h1-5,17,19H,6-11H2,(H,18,20). The summed E-state index contributed by atoms with van der Waals surface area (Å²) < 4.78 is 39.0. The number of hydrogen-bond acceptors (Lipinski definition) is 4. The Balaban J connectivity index is 1.74. The summed E-state index contributed by atoms with van der Waals surface area (Å²) in [5.41, 5.74) is 1.17. The molecule has 1 aliphatic rings. The third-order valence-electron chi connectivity index (χ3n) is 3.44. The van der Waals surface area contributed by atoms with Gasteiger partial charge in [0.2, 0.25) is 15.9 Å². The van der Waals surface area contributed by atoms with E-state index >= 15 is 0 Å². The topological polar surface area (TPSA) is 87.3 Å². The largest absolute Gasteiger partial charge is 0.352 e. The number of halogens is 1. The van der Waals surface area contributed by atoms with Crippen LogP contribution in [0, 0.1) is 5.82 Å². The minimum Gasteiger partial charge on any atom is -0.352 e. The number of nitrogens with one attached hydrogen (secondary N) is 3. The van der Waals surface area contributed by atoms with Gasteiger partial charge in [0.15, 0.2) is 0 Å². The van der Waals surface area contributed by atoms with E-state index in [1.165, 1.54) is 17.7 Å². The zero-order valence-electron chi connectivity index (χ0n) is 12.6. The number of carbonyl (C=O) groups excluding carboxylic acids is 1. The summed E-state index contributed by atoms with van der Waals surface area (Å²) in [4.78, 5) is 11.7. The Hall–Kier alpha value is -1.77. The van der Waals surface area contributed by atoms with Crippen molar-refractivity contribution in [2.24, 2.45) is 0 Å². The second-order valence-corrected chi connectivity index (χ2v) is 6.96. The van der Waals surface area contributed by atoms with Crippen LogP contribution in [0.5, 0.6) is 0 Å². The van der Waals surface area contributed by atoms with Gasteiger partial charge in [0.05, 0.1) is 4.90 Å². The number of hydrogen-bond donors (Lipinski definition) is 3. The Morgan fingerprint density at radius 1 is 1.26 bits per heavy atom. The van der Waals surface area contributed by atoms with Gasteiger partial charge in [-0.2, -0.15) is 0 Å². The summed E-state index contributed by atoms with van der Waals surface area (Å²) in [5, 5.41) is 5.95. The van der Waals surface area contributed by atoms with E-state index in [1.807, 2.05) is 6.08 Å². The van der Waals surface area contributed by atoms with Crippen molar-refractivity contribution in [1.29, 1.82) is 0 Å². The third kappa shape index (κ3) is 5.74. The minimum atomic E-state index is -3.72. The number of rotatable bonds is 7. The highest BCUT2D eigenvalue weighted by Crippen LogP contribution is 2.09. The highest BCUT2D eigenvalue weighted by Gasteiger charge is 2.14. The average molecular weight is 341 g/mol. The SMILES string of the molecule is O=C(CCNS(=O)(=O)c1ccc(F)cc1)NCC1=CCNCC1. The van der Waals surface area contributed by atoms with E-state index in [0.717, 1.165) is 31.6 Å². The summed E-state index contributed by atoms with van der Waals surface area (Å²) in [6.45, 7) is 2.19. The highest BCUT2D eigenvalue weighted by atomic mass is 32.2. The van der Waals surface area contributed by atoms with E-state index in [2.05, 4.69) is 15.4 Å². The lowest BCUT2D eigenvalue weighted by molar-refractivity contribution is -0.120. The molecule has 0 aromatic heterocycles. The fraction of sp³-hybridized carbons (Fsp3) is 0.400. The van der Waals surface area contributed by atoms with Crippen LogP contribution in [0.1, 0.15) is 12.8 Å². The van der Waals surface area contributed by atoms with Crippen LogP contribution in [0.3, 0.4) is 0 Å². The molecule has 1 aliphatic heterocycles. The minimum absolute atomic E-state index is 0.00779. The Morgan fingerprint density at radius 3 is 2.65 bits per heavy atom. The lowest BCUT2D eigenvalue weighted by Crippen LogP contribution is -2.33. The average Bonchev–Trinajstić information content (AvgIpc) is 2.54. The smallest absolute Gasteiger partial charge is 0.240 e. The van der Waals surface area contributed by atoms with Gasteiger partial charge in [-0.3, -0.25) is 4.79 Å². The summed E-state index contributed by atoms with van der Waals surface area (Å²) in [5.74, 6) is -0.721. The van der Waals surface area contributed by atoms with Gasteiger partial charge in [-0.1, -0.05) is 11.6 Å². The molecule has 0 atom stereocenters. The van der Waals surface area contributed by atoms with Gasteiger partial charge < -0.3 is 10.6 Å². The Morgan fingerprint density at radius 2 is 2.00 bits per heavy atom. The third-order valence-corrected chi connectivity index (χ3v) is 4.92. The molecule has 1 aromatic carbocycles. The van der Waals surface area contributed by atoms with Crippen molar-refractivity contribution in [3.63, 3.8) is 0 Å². The van der Waals surface area contributed by atoms with Gasteiger partial charge in [0.1, 0.15) is 5.82 Å². The van der Waals surface area contributed by atoms with Crippen LogP contribution in [0.25, 0.3) is 0 Å². The van der Waals surface area contributed by atoms with Crippen molar-refractivity contribution in [1.82, 2.24) is 15.4 Å². The second-order valence-electron chi connectivity index (χ2n) is 5.19. The molecule has 1 aromatic rings. The molecular formula is C15H20FN3O3S. The molecule has 0 bridgehead atoms. The van der Waals surface area contributed by atoms with E-state index in [9.17, 15) is 17.6 Å². The maximum Gasteiger partial charge on any atom is 0.240 e. The fourth-order valence-corrected chi connectivity index (χ4v) is 3.16. The molecule has 23 heavy (non-hydrogen) atoms. The maximum absolute atomic E-state index is 12.8. The van der Waals surface area contributed by atoms with Crippen LogP contribution < -0.4 is 15.4 Å². The van der Waals surface area contributed by atoms with Gasteiger partial charge in [0, 0.05) is 26.1 Å². The first-order valence-electron chi connectivity index (χ1n) is 7.38. The lowest BCUT2D eigenvalue weighted by atomic mass is 10.1. The second kappa shape index (κ2) is 8.19. The molecule has 1 heterocycles. The molecule has 0 fully saturated rings. The normalized spacial score (nSPS) is 15.1. The highest BCUT2D eigenvalue weighted by molar-refractivity contribution is 7.89. The van der Waals surface area contributed by atoms with E-state index in [1.54, 1.807) is 0 Å². The van der Waals surface area contributed by atoms with Gasteiger partial charge in [-0.05, 0) is 37.2 Å². The van der Waals surface area contributed by atoms with Crippen molar-refractivity contribution < 1.29 is 17.6 Å². The molecule has 1 amide bonds. The summed E-state index contributed by atoms with van der Waals surface area (Å²) in [6.07, 6.45) is 2.99. The molecular weight excluding hydrogens is 321 g/mol. The maximum atomic E-state index is 12.8. The van der Waals surface area contributed by atoms with Gasteiger partial charge >= 0.3 is 0 Å². The summed E-state index contributed by atoms with van der Waals surface area (Å²) in [7, 11) is -3.72. The fourth-order valence-electron chi connectivity index (χ4n) is 2.13. The van der Waals surface area contributed by atoms with Gasteiger partial charge in [0.25, 0.3) is 0 Å². The lowest BCUT2D eigenvalue weighted by Gasteiger charge is -2.14. The van der Waals surface area contributed by atoms with Crippen molar-refractivity contribution in [2.45, 2.75) is 17.7 Å². The van der Waals surface area contributed by atoms with E-state index in [4.69, 9.17) is 0 Å². The molecule has 0 aliphatic carbocycles. The zero-order valence-corrected chi connectivity index (χ0v) is 13.5. The first-order chi connectivity index (χ1) is 11.0. The monoisotopic (exact) mass is 341 g/mol. The van der Waals surface area contributed by atoms with Crippen LogP contribution in [-0.4, -0.2) is 40.5 Å². The van der Waals surface area contributed by atoms with E-state index < -0.39 is 15.8 Å². The van der Waals surface area contributed by atoms with Crippen molar-refractivity contribution >= 4 is 15.9 Å². The van der Waals surface area contributed by atoms with Gasteiger partial charge in [-0.15, -0.1) is 0 Å². The molecule has 6 nitrogen and oxygen atoms in total. The molecule has 2 rings (SSSR count). The first kappa shape index (κ1) is 17.6. The van der Waals surface area contributed by atoms with E-state index in [0.29, 0.717) is 6.54 Å². The first-order valence-corrected chi connectivity index (χ1v) is 8.86. The molecule has 8 heteroatoms. The Kier molecular flexibility index (Phi) is 6.26. The van der Waals surface area contributed by atoms with Crippen LogP contribution >= 0.6 is 0 Å². The summed E-state index contributed by atoms with van der Waals surface area (Å²) in [6, 6.07) is 4.52. The molecule has 0 unspecified atom stereocenters. The van der Waals surface area contributed by atoms with Crippen LogP contribution in [0.2, 0.25) is 0 Å². The zero-order chi connectivity index (χ0) is 16.7. The van der Waals surface area contributed by atoms with Crippen molar-refractivity contribution in [3.05, 3.63) is 41.7 Å². The molecule has 0 spiro atoms. The van der Waals surface area contributed by atoms with Crippen LogP contribution in [0.15, 0.2) is 40.8 Å². The molecule has 0 radical (unpaired) electrons. The van der Waals surface area contributed by atoms with Gasteiger partial charge in [-0.25, -0.2) is 17.5 Å². The number of carbonyl (C=O) groups is 1. The molecule has 3 N–H and O–H groups in total. The number of sulfonamides is 1. The summed E-state index contributed by atoms with van der Waals surface area (Å²) >= 11 is 0. The van der Waals surface area contributed by atoms with Crippen molar-refractivity contribution in [2.75, 3.05) is 26.2 Å².